The minimum Gasteiger partial charge on any atom is -0.464 e. The maximum atomic E-state index is 12.4. The summed E-state index contributed by atoms with van der Waals surface area (Å²) >= 11 is 0. The van der Waals surface area contributed by atoms with E-state index < -0.39 is 0 Å². The number of morpholine rings is 1. The summed E-state index contributed by atoms with van der Waals surface area (Å²) in [6.07, 6.45) is 2.98. The first-order valence-corrected chi connectivity index (χ1v) is 8.72. The van der Waals surface area contributed by atoms with Crippen molar-refractivity contribution in [2.75, 3.05) is 32.8 Å². The smallest absolute Gasteiger partial charge is 0.224 e. The van der Waals surface area contributed by atoms with Gasteiger partial charge in [0.05, 0.1) is 25.9 Å². The van der Waals surface area contributed by atoms with E-state index in [-0.39, 0.29) is 11.9 Å². The highest BCUT2D eigenvalue weighted by molar-refractivity contribution is 5.88. The van der Waals surface area contributed by atoms with Gasteiger partial charge in [0.15, 0.2) is 0 Å². The molecule has 24 heavy (non-hydrogen) atoms. The van der Waals surface area contributed by atoms with E-state index in [2.05, 4.69) is 17.1 Å². The molecule has 0 aliphatic carbocycles. The molecule has 1 aliphatic heterocycles. The Labute approximate surface area is 143 Å². The summed E-state index contributed by atoms with van der Waals surface area (Å²) in [7, 11) is 0. The number of aryl methyl sites for hydroxylation is 1. The van der Waals surface area contributed by atoms with Crippen molar-refractivity contribution >= 4 is 16.9 Å². The summed E-state index contributed by atoms with van der Waals surface area (Å²) in [5.74, 6) is 0.0541. The van der Waals surface area contributed by atoms with Gasteiger partial charge < -0.3 is 14.5 Å². The number of fused-ring (bicyclic) bond motifs is 1. The predicted octanol–water partition coefficient (Wildman–Crippen LogP) is 2.51. The van der Waals surface area contributed by atoms with Crippen LogP contribution in [0.2, 0.25) is 0 Å². The third-order valence-electron chi connectivity index (χ3n) is 4.60. The molecule has 0 spiro atoms. The maximum Gasteiger partial charge on any atom is 0.224 e. The van der Waals surface area contributed by atoms with Crippen molar-refractivity contribution < 1.29 is 13.9 Å². The van der Waals surface area contributed by atoms with E-state index in [4.69, 9.17) is 9.15 Å². The molecular weight excluding hydrogens is 304 g/mol. The number of hydrogen-bond donors (Lipinski definition) is 1. The van der Waals surface area contributed by atoms with Crippen molar-refractivity contribution in [2.45, 2.75) is 32.7 Å². The average molecular weight is 330 g/mol. The second-order valence-corrected chi connectivity index (χ2v) is 6.52. The molecule has 0 saturated carbocycles. The van der Waals surface area contributed by atoms with Gasteiger partial charge in [-0.3, -0.25) is 9.69 Å². The van der Waals surface area contributed by atoms with Crippen LogP contribution in [0.15, 0.2) is 28.9 Å². The number of nitrogens with one attached hydrogen (secondary N) is 1. The van der Waals surface area contributed by atoms with Crippen molar-refractivity contribution in [3.05, 3.63) is 35.6 Å². The van der Waals surface area contributed by atoms with Crippen molar-refractivity contribution in [2.24, 2.45) is 0 Å². The molecular formula is C19H26N2O3. The van der Waals surface area contributed by atoms with E-state index in [1.54, 1.807) is 6.26 Å². The van der Waals surface area contributed by atoms with E-state index in [1.807, 2.05) is 25.1 Å². The lowest BCUT2D eigenvalue weighted by molar-refractivity contribution is -0.121. The number of benzene rings is 1. The van der Waals surface area contributed by atoms with Gasteiger partial charge in [-0.2, -0.15) is 0 Å². The van der Waals surface area contributed by atoms with Crippen LogP contribution < -0.4 is 5.32 Å². The van der Waals surface area contributed by atoms with Crippen LogP contribution in [0.3, 0.4) is 0 Å². The van der Waals surface area contributed by atoms with Crippen LogP contribution in [-0.2, 0) is 16.0 Å². The topological polar surface area (TPSA) is 54.7 Å². The van der Waals surface area contributed by atoms with Crippen molar-refractivity contribution in [1.82, 2.24) is 10.2 Å². The number of carbonyl (C=O) groups is 1. The molecule has 5 heteroatoms. The molecule has 2 aromatic rings. The molecule has 1 atom stereocenters. The SMILES string of the molecule is CC[C@@H](CN1CCOCC1)NC(=O)Cc1coc2cc(C)ccc12. The first kappa shape index (κ1) is 17.0. The molecule has 1 aromatic heterocycles. The van der Waals surface area contributed by atoms with E-state index in [1.165, 1.54) is 0 Å². The molecule has 0 radical (unpaired) electrons. The summed E-state index contributed by atoms with van der Waals surface area (Å²) < 4.78 is 11.0. The van der Waals surface area contributed by atoms with Crippen molar-refractivity contribution in [1.29, 1.82) is 0 Å². The number of rotatable bonds is 6. The van der Waals surface area contributed by atoms with Gasteiger partial charge >= 0.3 is 0 Å². The third-order valence-corrected chi connectivity index (χ3v) is 4.60. The Bertz CT molecular complexity index is 689. The lowest BCUT2D eigenvalue weighted by Gasteiger charge is -2.30. The van der Waals surface area contributed by atoms with Crippen LogP contribution in [0, 0.1) is 6.92 Å². The zero-order chi connectivity index (χ0) is 16.9. The van der Waals surface area contributed by atoms with Gasteiger partial charge in [-0.1, -0.05) is 19.1 Å². The quantitative estimate of drug-likeness (QED) is 0.884. The Kier molecular flexibility index (Phi) is 5.53. The van der Waals surface area contributed by atoms with Crippen LogP contribution in [0.25, 0.3) is 11.0 Å². The zero-order valence-electron chi connectivity index (χ0n) is 14.5. The predicted molar refractivity (Wildman–Crippen MR) is 94.1 cm³/mol. The summed E-state index contributed by atoms with van der Waals surface area (Å²) in [6, 6.07) is 6.26. The monoisotopic (exact) mass is 330 g/mol. The van der Waals surface area contributed by atoms with Gasteiger partial charge in [-0.25, -0.2) is 0 Å². The van der Waals surface area contributed by atoms with E-state index in [9.17, 15) is 4.79 Å². The molecule has 1 fully saturated rings. The standard InChI is InChI=1S/C19H26N2O3/c1-3-16(12-21-6-8-23-9-7-21)20-19(22)11-15-13-24-18-10-14(2)4-5-17(15)18/h4-5,10,13,16H,3,6-9,11-12H2,1-2H3,(H,20,22)/t16-/m0/s1. The minimum absolute atomic E-state index is 0.0541. The van der Waals surface area contributed by atoms with Gasteiger partial charge in [0, 0.05) is 36.6 Å². The number of nitrogens with zero attached hydrogens (tertiary/aromatic N) is 1. The largest absolute Gasteiger partial charge is 0.464 e. The van der Waals surface area contributed by atoms with Gasteiger partial charge in [-0.05, 0) is 25.0 Å². The first-order chi connectivity index (χ1) is 11.7. The fourth-order valence-corrected chi connectivity index (χ4v) is 3.15. The van der Waals surface area contributed by atoms with E-state index in [0.717, 1.165) is 61.4 Å². The Hall–Kier alpha value is -1.85. The fourth-order valence-electron chi connectivity index (χ4n) is 3.15. The highest BCUT2D eigenvalue weighted by Crippen LogP contribution is 2.22. The maximum absolute atomic E-state index is 12.4. The lowest BCUT2D eigenvalue weighted by atomic mass is 10.1. The number of hydrogen-bond acceptors (Lipinski definition) is 4. The number of amides is 1. The molecule has 2 heterocycles. The summed E-state index contributed by atoms with van der Waals surface area (Å²) in [6.45, 7) is 8.48. The molecule has 130 valence electrons. The zero-order valence-corrected chi connectivity index (χ0v) is 14.5. The average Bonchev–Trinajstić information content (AvgIpc) is 2.97. The fraction of sp³-hybridized carbons (Fsp3) is 0.526. The number of furan rings is 1. The van der Waals surface area contributed by atoms with E-state index in [0.29, 0.717) is 6.42 Å². The molecule has 1 saturated heterocycles. The Morgan fingerprint density at radius 1 is 1.33 bits per heavy atom. The lowest BCUT2D eigenvalue weighted by Crippen LogP contribution is -2.47. The first-order valence-electron chi connectivity index (χ1n) is 8.72. The van der Waals surface area contributed by atoms with Crippen molar-refractivity contribution in [3.63, 3.8) is 0 Å². The van der Waals surface area contributed by atoms with Crippen LogP contribution in [-0.4, -0.2) is 49.7 Å². The van der Waals surface area contributed by atoms with Crippen LogP contribution in [0.4, 0.5) is 0 Å². The van der Waals surface area contributed by atoms with E-state index >= 15 is 0 Å². The Balaban J connectivity index is 1.58. The molecule has 5 nitrogen and oxygen atoms in total. The molecule has 1 aromatic carbocycles. The summed E-state index contributed by atoms with van der Waals surface area (Å²) in [5.41, 5.74) is 2.95. The normalized spacial score (nSPS) is 17.1. The van der Waals surface area contributed by atoms with Gasteiger partial charge in [0.25, 0.3) is 0 Å². The summed E-state index contributed by atoms with van der Waals surface area (Å²) in [4.78, 5) is 14.8. The Morgan fingerprint density at radius 2 is 2.12 bits per heavy atom. The van der Waals surface area contributed by atoms with Gasteiger partial charge in [0.1, 0.15) is 5.58 Å². The molecule has 0 unspecified atom stereocenters. The molecule has 1 amide bonds. The second-order valence-electron chi connectivity index (χ2n) is 6.52. The minimum atomic E-state index is 0.0541. The van der Waals surface area contributed by atoms with Crippen LogP contribution in [0.5, 0.6) is 0 Å². The number of ether oxygens (including phenoxy) is 1. The van der Waals surface area contributed by atoms with Gasteiger partial charge in [0.2, 0.25) is 5.91 Å². The number of carbonyl (C=O) groups excluding carboxylic acids is 1. The summed E-state index contributed by atoms with van der Waals surface area (Å²) in [5, 5.41) is 4.19. The molecule has 3 rings (SSSR count). The van der Waals surface area contributed by atoms with Crippen molar-refractivity contribution in [3.8, 4) is 0 Å². The van der Waals surface area contributed by atoms with Crippen LogP contribution in [0.1, 0.15) is 24.5 Å². The molecule has 1 aliphatic rings. The highest BCUT2D eigenvalue weighted by Gasteiger charge is 2.18. The third kappa shape index (κ3) is 4.16. The Morgan fingerprint density at radius 3 is 2.88 bits per heavy atom. The molecule has 0 bridgehead atoms. The second kappa shape index (κ2) is 7.81. The van der Waals surface area contributed by atoms with Crippen LogP contribution >= 0.6 is 0 Å². The van der Waals surface area contributed by atoms with Gasteiger partial charge in [-0.15, -0.1) is 0 Å². The molecule has 1 N–H and O–H groups in total. The highest BCUT2D eigenvalue weighted by atomic mass is 16.5.